The van der Waals surface area contributed by atoms with Crippen molar-refractivity contribution in [3.8, 4) is 22.3 Å². The molecule has 0 aliphatic heterocycles. The van der Waals surface area contributed by atoms with E-state index in [1.54, 1.807) is 0 Å². The Morgan fingerprint density at radius 3 is 1.48 bits per heavy atom. The van der Waals surface area contributed by atoms with Gasteiger partial charge in [0.2, 0.25) is 0 Å². The third-order valence-corrected chi connectivity index (χ3v) is 7.62. The van der Waals surface area contributed by atoms with E-state index in [4.69, 9.17) is 9.47 Å². The van der Waals surface area contributed by atoms with Gasteiger partial charge in [-0.25, -0.2) is 9.59 Å². The van der Waals surface area contributed by atoms with Crippen molar-refractivity contribution in [2.24, 2.45) is 0 Å². The van der Waals surface area contributed by atoms with Crippen LogP contribution in [0.2, 0.25) is 0 Å². The molecule has 3 aromatic rings. The van der Waals surface area contributed by atoms with Gasteiger partial charge in [0.25, 0.3) is 0 Å². The van der Waals surface area contributed by atoms with Crippen LogP contribution >= 0.6 is 0 Å². The minimum atomic E-state index is -0.274. The highest BCUT2D eigenvalue weighted by Crippen LogP contribution is 2.30. The van der Waals surface area contributed by atoms with Crippen molar-refractivity contribution >= 4 is 18.0 Å². The fraction of sp³-hybridized carbons (Fsp3) is 0.421. The van der Waals surface area contributed by atoms with Gasteiger partial charge in [0.05, 0.1) is 24.3 Å². The van der Waals surface area contributed by atoms with E-state index in [1.165, 1.54) is 51.4 Å². The Hall–Kier alpha value is -3.66. The van der Waals surface area contributed by atoms with E-state index in [0.29, 0.717) is 24.3 Å². The lowest BCUT2D eigenvalue weighted by Gasteiger charge is -2.11. The Morgan fingerprint density at radius 2 is 1.00 bits per heavy atom. The van der Waals surface area contributed by atoms with Gasteiger partial charge in [-0.15, -0.1) is 0 Å². The lowest BCUT2D eigenvalue weighted by molar-refractivity contribution is 0.0488. The smallest absolute Gasteiger partial charge is 0.338 e. The second-order valence-corrected chi connectivity index (χ2v) is 11.0. The zero-order valence-corrected chi connectivity index (χ0v) is 25.7. The zero-order valence-electron chi connectivity index (χ0n) is 25.7. The zero-order chi connectivity index (χ0) is 30.0. The summed E-state index contributed by atoms with van der Waals surface area (Å²) in [5, 5.41) is 0. The number of benzene rings is 3. The second-order valence-electron chi connectivity index (χ2n) is 11.0. The van der Waals surface area contributed by atoms with Gasteiger partial charge in [-0.3, -0.25) is 0 Å². The van der Waals surface area contributed by atoms with Crippen LogP contribution in [-0.2, 0) is 9.47 Å². The molecule has 0 saturated carbocycles. The van der Waals surface area contributed by atoms with Gasteiger partial charge in [0, 0.05) is 0 Å². The normalized spacial score (nSPS) is 10.8. The minimum Gasteiger partial charge on any atom is -0.462 e. The highest BCUT2D eigenvalue weighted by Gasteiger charge is 2.11. The molecule has 0 amide bonds. The molecule has 4 nitrogen and oxygen atoms in total. The molecule has 3 aromatic carbocycles. The molecule has 0 spiro atoms. The molecule has 0 unspecified atom stereocenters. The van der Waals surface area contributed by atoms with E-state index in [1.807, 2.05) is 54.6 Å². The monoisotopic (exact) mass is 568 g/mol. The summed E-state index contributed by atoms with van der Waals surface area (Å²) in [6.45, 7) is 9.38. The molecule has 0 aromatic heterocycles. The molecule has 0 N–H and O–H groups in total. The van der Waals surface area contributed by atoms with Crippen molar-refractivity contribution in [3.63, 3.8) is 0 Å². The molecule has 0 saturated heterocycles. The third kappa shape index (κ3) is 10.6. The van der Waals surface area contributed by atoms with E-state index >= 15 is 0 Å². The van der Waals surface area contributed by atoms with Crippen LogP contribution in [0.15, 0.2) is 73.3 Å². The van der Waals surface area contributed by atoms with Gasteiger partial charge in [0.15, 0.2) is 0 Å². The van der Waals surface area contributed by atoms with E-state index in [0.717, 1.165) is 53.5 Å². The number of carbonyl (C=O) groups excluding carboxylic acids is 2. The Morgan fingerprint density at radius 1 is 0.571 bits per heavy atom. The van der Waals surface area contributed by atoms with E-state index < -0.39 is 0 Å². The quantitative estimate of drug-likeness (QED) is 0.107. The summed E-state index contributed by atoms with van der Waals surface area (Å²) in [5.74, 6) is -0.545. The standard InChI is InChI=1S/C38H48O4/c1-4-7-9-11-13-15-27-41-37(39)33-21-17-31(18-22-33)35-25-26-36(30(6-3)29-35)32-19-23-34(24-20-32)38(40)42-28-16-14-12-10-8-5-2/h6,17-26,29H,3-5,7-16,27-28H2,1-2H3. The van der Waals surface area contributed by atoms with Crippen LogP contribution in [0.5, 0.6) is 0 Å². The maximum absolute atomic E-state index is 12.5. The van der Waals surface area contributed by atoms with Gasteiger partial charge in [0.1, 0.15) is 0 Å². The number of carbonyl (C=O) groups is 2. The molecule has 0 aliphatic carbocycles. The predicted molar refractivity (Wildman–Crippen MR) is 175 cm³/mol. The van der Waals surface area contributed by atoms with Gasteiger partial charge in [-0.2, -0.15) is 0 Å². The second kappa shape index (κ2) is 18.7. The maximum Gasteiger partial charge on any atom is 0.338 e. The summed E-state index contributed by atoms with van der Waals surface area (Å²) in [5.41, 5.74) is 6.22. The largest absolute Gasteiger partial charge is 0.462 e. The maximum atomic E-state index is 12.5. The lowest BCUT2D eigenvalue weighted by Crippen LogP contribution is -2.06. The number of ether oxygens (including phenoxy) is 2. The number of rotatable bonds is 19. The van der Waals surface area contributed by atoms with Crippen molar-refractivity contribution in [1.82, 2.24) is 0 Å². The number of unbranched alkanes of at least 4 members (excludes halogenated alkanes) is 10. The molecule has 42 heavy (non-hydrogen) atoms. The Kier molecular flexibility index (Phi) is 14.6. The molecule has 3 rings (SSSR count). The average molecular weight is 569 g/mol. The van der Waals surface area contributed by atoms with Crippen LogP contribution in [0.25, 0.3) is 28.3 Å². The van der Waals surface area contributed by atoms with Gasteiger partial charge < -0.3 is 9.47 Å². The van der Waals surface area contributed by atoms with Crippen LogP contribution in [-0.4, -0.2) is 25.2 Å². The first-order chi connectivity index (χ1) is 20.6. The summed E-state index contributed by atoms with van der Waals surface area (Å²) in [4.78, 5) is 24.9. The van der Waals surface area contributed by atoms with Crippen molar-refractivity contribution in [1.29, 1.82) is 0 Å². The average Bonchev–Trinajstić information content (AvgIpc) is 3.03. The molecule has 0 atom stereocenters. The Balaban J connectivity index is 1.54. The SMILES string of the molecule is C=Cc1cc(-c2ccc(C(=O)OCCCCCCCC)cc2)ccc1-c1ccc(C(=O)OCCCCCCCC)cc1. The molecule has 224 valence electrons. The molecular formula is C38H48O4. The topological polar surface area (TPSA) is 52.6 Å². The summed E-state index contributed by atoms with van der Waals surface area (Å²) in [6, 6.07) is 21.3. The Labute approximate surface area is 253 Å². The first-order valence-electron chi connectivity index (χ1n) is 15.9. The highest BCUT2D eigenvalue weighted by atomic mass is 16.5. The van der Waals surface area contributed by atoms with E-state index in [9.17, 15) is 9.59 Å². The van der Waals surface area contributed by atoms with E-state index in [-0.39, 0.29) is 11.9 Å². The molecular weight excluding hydrogens is 520 g/mol. The molecule has 0 fully saturated rings. The molecule has 4 heteroatoms. The first kappa shape index (κ1) is 32.8. The molecule has 0 heterocycles. The summed E-state index contributed by atoms with van der Waals surface area (Å²) in [7, 11) is 0. The van der Waals surface area contributed by atoms with Gasteiger partial charge in [-0.1, -0.05) is 127 Å². The Bertz CT molecular complexity index is 1240. The van der Waals surface area contributed by atoms with E-state index in [2.05, 4.69) is 38.6 Å². The number of hydrogen-bond acceptors (Lipinski definition) is 4. The fourth-order valence-corrected chi connectivity index (χ4v) is 5.02. The van der Waals surface area contributed by atoms with Crippen LogP contribution in [0.1, 0.15) is 117 Å². The van der Waals surface area contributed by atoms with Crippen molar-refractivity contribution in [2.45, 2.75) is 90.9 Å². The molecule has 0 aliphatic rings. The molecule has 0 bridgehead atoms. The van der Waals surface area contributed by atoms with Gasteiger partial charge >= 0.3 is 11.9 Å². The summed E-state index contributed by atoms with van der Waals surface area (Å²) in [6.07, 6.45) is 15.8. The highest BCUT2D eigenvalue weighted by molar-refractivity contribution is 5.91. The van der Waals surface area contributed by atoms with Crippen molar-refractivity contribution in [2.75, 3.05) is 13.2 Å². The van der Waals surface area contributed by atoms with Gasteiger partial charge in [-0.05, 0) is 71.0 Å². The fourth-order valence-electron chi connectivity index (χ4n) is 5.02. The third-order valence-electron chi connectivity index (χ3n) is 7.62. The number of hydrogen-bond donors (Lipinski definition) is 0. The van der Waals surface area contributed by atoms with Crippen LogP contribution < -0.4 is 0 Å². The summed E-state index contributed by atoms with van der Waals surface area (Å²) >= 11 is 0. The van der Waals surface area contributed by atoms with Crippen molar-refractivity contribution < 1.29 is 19.1 Å². The first-order valence-corrected chi connectivity index (χ1v) is 15.9. The lowest BCUT2D eigenvalue weighted by atomic mass is 9.94. The number of esters is 2. The van der Waals surface area contributed by atoms with Crippen LogP contribution in [0.4, 0.5) is 0 Å². The van der Waals surface area contributed by atoms with Crippen LogP contribution in [0.3, 0.4) is 0 Å². The van der Waals surface area contributed by atoms with Crippen molar-refractivity contribution in [3.05, 3.63) is 90.0 Å². The molecule has 0 radical (unpaired) electrons. The predicted octanol–water partition coefficient (Wildman–Crippen LogP) is 10.7. The van der Waals surface area contributed by atoms with Crippen LogP contribution in [0, 0.1) is 0 Å². The minimum absolute atomic E-state index is 0.271. The summed E-state index contributed by atoms with van der Waals surface area (Å²) < 4.78 is 10.9.